The van der Waals surface area contributed by atoms with Crippen LogP contribution in [0, 0.1) is 10.1 Å². The summed E-state index contributed by atoms with van der Waals surface area (Å²) in [7, 11) is 0. The smallest absolute Gasteiger partial charge is 0.269 e. The second-order valence-electron chi connectivity index (χ2n) is 7.53. The lowest BCUT2D eigenvalue weighted by molar-refractivity contribution is -0.384. The second-order valence-corrected chi connectivity index (χ2v) is 7.94. The molecule has 1 aromatic heterocycles. The van der Waals surface area contributed by atoms with E-state index in [1.165, 1.54) is 38.2 Å². The van der Waals surface area contributed by atoms with E-state index in [1.54, 1.807) is 12.1 Å². The highest BCUT2D eigenvalue weighted by Gasteiger charge is 2.23. The van der Waals surface area contributed by atoms with Crippen molar-refractivity contribution in [2.75, 3.05) is 6.54 Å². The Labute approximate surface area is 163 Å². The standard InChI is InChI=1S/C20H23ClN4O2/c21-18-7-6-17(25(26)27)10-15(18)12-24-9-8-19-16(13-24)11-22-20(23-19)14-4-2-1-3-5-14/h6-7,10-11,14H,1-5,8-9,12-13H2. The molecule has 0 spiro atoms. The second kappa shape index (κ2) is 7.90. The van der Waals surface area contributed by atoms with E-state index in [1.807, 2.05) is 6.20 Å². The predicted molar refractivity (Wildman–Crippen MR) is 104 cm³/mol. The molecule has 1 aromatic carbocycles. The molecule has 0 bridgehead atoms. The van der Waals surface area contributed by atoms with Crippen LogP contribution in [0.2, 0.25) is 5.02 Å². The molecule has 2 heterocycles. The Morgan fingerprint density at radius 2 is 2.07 bits per heavy atom. The van der Waals surface area contributed by atoms with E-state index >= 15 is 0 Å². The molecule has 0 atom stereocenters. The average molecular weight is 387 g/mol. The lowest BCUT2D eigenvalue weighted by Crippen LogP contribution is -2.31. The minimum absolute atomic E-state index is 0.0762. The van der Waals surface area contributed by atoms with Crippen molar-refractivity contribution in [2.45, 2.75) is 57.5 Å². The minimum atomic E-state index is -0.383. The van der Waals surface area contributed by atoms with E-state index < -0.39 is 0 Å². The highest BCUT2D eigenvalue weighted by molar-refractivity contribution is 6.31. The summed E-state index contributed by atoms with van der Waals surface area (Å²) in [5.41, 5.74) is 3.18. The molecule has 6 nitrogen and oxygen atoms in total. The maximum atomic E-state index is 11.0. The number of benzene rings is 1. The molecule has 1 saturated carbocycles. The fourth-order valence-electron chi connectivity index (χ4n) is 4.12. The summed E-state index contributed by atoms with van der Waals surface area (Å²) in [6.45, 7) is 2.21. The third-order valence-corrected chi connectivity index (χ3v) is 6.00. The Balaban J connectivity index is 1.47. The zero-order chi connectivity index (χ0) is 18.8. The first-order valence-electron chi connectivity index (χ1n) is 9.60. The first-order chi connectivity index (χ1) is 13.1. The molecule has 0 amide bonds. The van der Waals surface area contributed by atoms with Crippen molar-refractivity contribution in [3.8, 4) is 0 Å². The predicted octanol–water partition coefficient (Wildman–Crippen LogP) is 4.64. The van der Waals surface area contributed by atoms with Crippen LogP contribution in [0.5, 0.6) is 0 Å². The fraction of sp³-hybridized carbons (Fsp3) is 0.500. The van der Waals surface area contributed by atoms with Gasteiger partial charge >= 0.3 is 0 Å². The number of hydrogen-bond donors (Lipinski definition) is 0. The number of hydrogen-bond acceptors (Lipinski definition) is 5. The lowest BCUT2D eigenvalue weighted by atomic mass is 9.88. The van der Waals surface area contributed by atoms with Gasteiger partial charge in [-0.2, -0.15) is 0 Å². The van der Waals surface area contributed by atoms with Crippen molar-refractivity contribution < 1.29 is 4.92 Å². The van der Waals surface area contributed by atoms with Crippen LogP contribution < -0.4 is 0 Å². The van der Waals surface area contributed by atoms with Gasteiger partial charge in [-0.1, -0.05) is 30.9 Å². The van der Waals surface area contributed by atoms with Crippen LogP contribution in [0.1, 0.15) is 60.7 Å². The largest absolute Gasteiger partial charge is 0.294 e. The fourth-order valence-corrected chi connectivity index (χ4v) is 4.30. The van der Waals surface area contributed by atoms with Crippen LogP contribution in [0.4, 0.5) is 5.69 Å². The highest BCUT2D eigenvalue weighted by atomic mass is 35.5. The Kier molecular flexibility index (Phi) is 5.36. The van der Waals surface area contributed by atoms with Crippen LogP contribution in [-0.2, 0) is 19.5 Å². The molecular weight excluding hydrogens is 364 g/mol. The summed E-state index contributed by atoms with van der Waals surface area (Å²) >= 11 is 6.25. The Morgan fingerprint density at radius 3 is 2.85 bits per heavy atom. The average Bonchev–Trinajstić information content (AvgIpc) is 2.69. The van der Waals surface area contributed by atoms with Crippen molar-refractivity contribution >= 4 is 17.3 Å². The van der Waals surface area contributed by atoms with Crippen LogP contribution in [0.15, 0.2) is 24.4 Å². The molecule has 142 valence electrons. The topological polar surface area (TPSA) is 72.2 Å². The molecule has 7 heteroatoms. The summed E-state index contributed by atoms with van der Waals surface area (Å²) in [5.74, 6) is 1.54. The Morgan fingerprint density at radius 1 is 1.26 bits per heavy atom. The first-order valence-corrected chi connectivity index (χ1v) is 9.98. The van der Waals surface area contributed by atoms with Gasteiger partial charge in [0.25, 0.3) is 5.69 Å². The molecule has 1 fully saturated rings. The molecule has 1 aliphatic carbocycles. The van der Waals surface area contributed by atoms with E-state index in [-0.39, 0.29) is 10.6 Å². The molecule has 2 aliphatic rings. The van der Waals surface area contributed by atoms with Crippen LogP contribution in [-0.4, -0.2) is 26.3 Å². The number of aromatic nitrogens is 2. The summed E-state index contributed by atoms with van der Waals surface area (Å²) in [5, 5.41) is 11.6. The van der Waals surface area contributed by atoms with Crippen molar-refractivity contribution in [1.82, 2.24) is 14.9 Å². The zero-order valence-electron chi connectivity index (χ0n) is 15.2. The van der Waals surface area contributed by atoms with Crippen LogP contribution >= 0.6 is 11.6 Å². The van der Waals surface area contributed by atoms with Gasteiger partial charge in [0.1, 0.15) is 5.82 Å². The highest BCUT2D eigenvalue weighted by Crippen LogP contribution is 2.32. The molecule has 0 N–H and O–H groups in total. The molecule has 0 saturated heterocycles. The van der Waals surface area contributed by atoms with Gasteiger partial charge in [0.2, 0.25) is 0 Å². The number of nitro benzene ring substituents is 1. The maximum absolute atomic E-state index is 11.0. The van der Waals surface area contributed by atoms with Gasteiger partial charge in [0, 0.05) is 66.6 Å². The van der Waals surface area contributed by atoms with Gasteiger partial charge < -0.3 is 0 Å². The first kappa shape index (κ1) is 18.3. The van der Waals surface area contributed by atoms with Gasteiger partial charge in [-0.15, -0.1) is 0 Å². The monoisotopic (exact) mass is 386 g/mol. The van der Waals surface area contributed by atoms with Gasteiger partial charge in [-0.3, -0.25) is 15.0 Å². The summed E-state index contributed by atoms with van der Waals surface area (Å²) in [4.78, 5) is 22.4. The van der Waals surface area contributed by atoms with Gasteiger partial charge in [-0.25, -0.2) is 9.97 Å². The Hall–Kier alpha value is -2.05. The molecular formula is C20H23ClN4O2. The van der Waals surface area contributed by atoms with Gasteiger partial charge in [0.15, 0.2) is 0 Å². The van der Waals surface area contributed by atoms with Gasteiger partial charge in [-0.05, 0) is 24.5 Å². The van der Waals surface area contributed by atoms with E-state index in [4.69, 9.17) is 16.6 Å². The maximum Gasteiger partial charge on any atom is 0.269 e. The van der Waals surface area contributed by atoms with Crippen LogP contribution in [0.3, 0.4) is 0 Å². The van der Waals surface area contributed by atoms with Crippen molar-refractivity contribution in [1.29, 1.82) is 0 Å². The molecule has 4 rings (SSSR count). The van der Waals surface area contributed by atoms with E-state index in [0.29, 0.717) is 17.5 Å². The molecule has 1 aliphatic heterocycles. The number of fused-ring (bicyclic) bond motifs is 1. The minimum Gasteiger partial charge on any atom is -0.294 e. The van der Waals surface area contributed by atoms with Crippen molar-refractivity contribution in [3.63, 3.8) is 0 Å². The molecule has 27 heavy (non-hydrogen) atoms. The Bertz CT molecular complexity index is 852. The SMILES string of the molecule is O=[N+]([O-])c1ccc(Cl)c(CN2CCc3nc(C4CCCCC4)ncc3C2)c1. The number of rotatable bonds is 4. The lowest BCUT2D eigenvalue weighted by Gasteiger charge is -2.29. The van der Waals surface area contributed by atoms with Crippen molar-refractivity contribution in [3.05, 3.63) is 62.2 Å². The molecule has 0 unspecified atom stereocenters. The normalized spacial score (nSPS) is 18.3. The number of nitro groups is 1. The van der Waals surface area contributed by atoms with Crippen LogP contribution in [0.25, 0.3) is 0 Å². The number of nitrogens with zero attached hydrogens (tertiary/aromatic N) is 4. The van der Waals surface area contributed by atoms with E-state index in [0.717, 1.165) is 42.2 Å². The summed E-state index contributed by atoms with van der Waals surface area (Å²) < 4.78 is 0. The summed E-state index contributed by atoms with van der Waals surface area (Å²) in [6.07, 6.45) is 9.16. The van der Waals surface area contributed by atoms with E-state index in [2.05, 4.69) is 9.88 Å². The quantitative estimate of drug-likeness (QED) is 0.565. The zero-order valence-corrected chi connectivity index (χ0v) is 16.0. The number of halogens is 1. The summed E-state index contributed by atoms with van der Waals surface area (Å²) in [6, 6.07) is 4.62. The molecule has 2 aromatic rings. The molecule has 0 radical (unpaired) electrons. The van der Waals surface area contributed by atoms with Gasteiger partial charge in [0.05, 0.1) is 4.92 Å². The number of non-ortho nitro benzene ring substituents is 1. The third kappa shape index (κ3) is 4.12. The van der Waals surface area contributed by atoms with Crippen molar-refractivity contribution in [2.24, 2.45) is 0 Å². The third-order valence-electron chi connectivity index (χ3n) is 5.64. The van der Waals surface area contributed by atoms with E-state index in [9.17, 15) is 10.1 Å².